The molecule has 0 bridgehead atoms. The van der Waals surface area contributed by atoms with Crippen molar-refractivity contribution in [1.82, 2.24) is 0 Å². The van der Waals surface area contributed by atoms with Gasteiger partial charge in [-0.1, -0.05) is 34.1 Å². The maximum Gasteiger partial charge on any atom is 0.163 e. The van der Waals surface area contributed by atoms with Crippen molar-refractivity contribution in [2.24, 2.45) is 0 Å². The molecule has 0 saturated carbocycles. The normalized spacial score (nSPS) is 9.95. The molecule has 2 rings (SSSR count). The standard InChI is InChI=1S/C16H13BrN2O2/c1-10(20)14-6-13(17)7-15(19)16(14)21-9-12-5-3-2-4-11(12)8-18/h2-7H,9,19H2,1H3. The minimum atomic E-state index is -0.133. The van der Waals surface area contributed by atoms with Crippen LogP contribution in [0.3, 0.4) is 0 Å². The largest absolute Gasteiger partial charge is 0.486 e. The molecular weight excluding hydrogens is 332 g/mol. The summed E-state index contributed by atoms with van der Waals surface area (Å²) >= 11 is 3.30. The minimum absolute atomic E-state index is 0.133. The van der Waals surface area contributed by atoms with Gasteiger partial charge in [0.1, 0.15) is 6.61 Å². The number of halogens is 1. The zero-order valence-electron chi connectivity index (χ0n) is 11.4. The summed E-state index contributed by atoms with van der Waals surface area (Å²) < 4.78 is 6.41. The highest BCUT2D eigenvalue weighted by atomic mass is 79.9. The molecule has 0 aromatic heterocycles. The van der Waals surface area contributed by atoms with Crippen LogP contribution in [0.25, 0.3) is 0 Å². The van der Waals surface area contributed by atoms with Crippen LogP contribution in [-0.4, -0.2) is 5.78 Å². The molecule has 5 heteroatoms. The number of benzene rings is 2. The highest BCUT2D eigenvalue weighted by Crippen LogP contribution is 2.32. The third-order valence-corrected chi connectivity index (χ3v) is 3.43. The van der Waals surface area contributed by atoms with E-state index in [0.717, 1.165) is 10.0 Å². The van der Waals surface area contributed by atoms with Gasteiger partial charge in [0, 0.05) is 10.0 Å². The van der Waals surface area contributed by atoms with Crippen molar-refractivity contribution >= 4 is 27.4 Å². The smallest absolute Gasteiger partial charge is 0.163 e. The molecule has 0 heterocycles. The first-order chi connectivity index (χ1) is 10.0. The molecule has 0 spiro atoms. The Kier molecular flexibility index (Phi) is 4.61. The molecule has 0 amide bonds. The predicted molar refractivity (Wildman–Crippen MR) is 84.0 cm³/mol. The number of ketones is 1. The van der Waals surface area contributed by atoms with Crippen LogP contribution in [0.15, 0.2) is 40.9 Å². The number of hydrogen-bond acceptors (Lipinski definition) is 4. The number of nitrogens with two attached hydrogens (primary N) is 1. The van der Waals surface area contributed by atoms with Crippen LogP contribution in [0.1, 0.15) is 28.4 Å². The molecule has 21 heavy (non-hydrogen) atoms. The Labute approximate surface area is 131 Å². The second kappa shape index (κ2) is 6.42. The minimum Gasteiger partial charge on any atom is -0.486 e. The number of anilines is 1. The fraction of sp³-hybridized carbons (Fsp3) is 0.125. The number of nitriles is 1. The predicted octanol–water partition coefficient (Wildman–Crippen LogP) is 3.68. The van der Waals surface area contributed by atoms with Gasteiger partial charge in [0.15, 0.2) is 11.5 Å². The molecular formula is C16H13BrN2O2. The van der Waals surface area contributed by atoms with Gasteiger partial charge in [0.25, 0.3) is 0 Å². The topological polar surface area (TPSA) is 76.1 Å². The molecule has 0 radical (unpaired) electrons. The van der Waals surface area contributed by atoms with Crippen LogP contribution in [0, 0.1) is 11.3 Å². The van der Waals surface area contributed by atoms with Gasteiger partial charge in [-0.15, -0.1) is 0 Å². The number of carbonyl (C=O) groups is 1. The zero-order chi connectivity index (χ0) is 15.4. The van der Waals surface area contributed by atoms with Crippen molar-refractivity contribution in [2.45, 2.75) is 13.5 Å². The molecule has 0 saturated heterocycles. The summed E-state index contributed by atoms with van der Waals surface area (Å²) in [7, 11) is 0. The molecule has 2 aromatic rings. The maximum atomic E-state index is 11.7. The molecule has 4 nitrogen and oxygen atoms in total. The molecule has 106 valence electrons. The van der Waals surface area contributed by atoms with Crippen molar-refractivity contribution in [3.05, 3.63) is 57.6 Å². The Hall–Kier alpha value is -2.32. The summed E-state index contributed by atoms with van der Waals surface area (Å²) in [5.74, 6) is 0.213. The van der Waals surface area contributed by atoms with Gasteiger partial charge in [-0.3, -0.25) is 4.79 Å². The number of hydrogen-bond donors (Lipinski definition) is 1. The number of nitrogens with zero attached hydrogens (tertiary/aromatic N) is 1. The van der Waals surface area contributed by atoms with Crippen LogP contribution < -0.4 is 10.5 Å². The monoisotopic (exact) mass is 344 g/mol. The van der Waals surface area contributed by atoms with E-state index in [4.69, 9.17) is 15.7 Å². The second-order valence-corrected chi connectivity index (χ2v) is 5.40. The fourth-order valence-corrected chi connectivity index (χ4v) is 2.42. The van der Waals surface area contributed by atoms with E-state index in [9.17, 15) is 4.79 Å². The summed E-state index contributed by atoms with van der Waals surface area (Å²) in [4.78, 5) is 11.7. The van der Waals surface area contributed by atoms with Gasteiger partial charge in [0.05, 0.1) is 22.9 Å². The van der Waals surface area contributed by atoms with Gasteiger partial charge >= 0.3 is 0 Å². The molecule has 0 atom stereocenters. The van der Waals surface area contributed by atoms with Crippen LogP contribution >= 0.6 is 15.9 Å². The van der Waals surface area contributed by atoms with Crippen molar-refractivity contribution in [2.75, 3.05) is 5.73 Å². The Morgan fingerprint density at radius 2 is 2.10 bits per heavy atom. The first-order valence-electron chi connectivity index (χ1n) is 6.23. The van der Waals surface area contributed by atoms with E-state index < -0.39 is 0 Å². The fourth-order valence-electron chi connectivity index (χ4n) is 1.94. The SMILES string of the molecule is CC(=O)c1cc(Br)cc(N)c1OCc1ccccc1C#N. The molecule has 0 aliphatic heterocycles. The third-order valence-electron chi connectivity index (χ3n) is 2.97. The van der Waals surface area contributed by atoms with E-state index in [-0.39, 0.29) is 12.4 Å². The molecule has 2 N–H and O–H groups in total. The van der Waals surface area contributed by atoms with E-state index in [1.54, 1.807) is 30.3 Å². The summed E-state index contributed by atoms with van der Waals surface area (Å²) in [6.07, 6.45) is 0. The average molecular weight is 345 g/mol. The summed E-state index contributed by atoms with van der Waals surface area (Å²) in [5, 5.41) is 9.06. The van der Waals surface area contributed by atoms with Crippen LogP contribution in [0.5, 0.6) is 5.75 Å². The van der Waals surface area contributed by atoms with Crippen molar-refractivity contribution in [3.8, 4) is 11.8 Å². The lowest BCUT2D eigenvalue weighted by atomic mass is 10.1. The highest BCUT2D eigenvalue weighted by Gasteiger charge is 2.14. The first-order valence-corrected chi connectivity index (χ1v) is 7.03. The number of Topliss-reactive ketones (excluding diaryl/α,β-unsaturated/α-hetero) is 1. The molecule has 0 aliphatic rings. The number of carbonyl (C=O) groups excluding carboxylic acids is 1. The molecule has 0 unspecified atom stereocenters. The Bertz CT molecular complexity index is 736. The van der Waals surface area contributed by atoms with Gasteiger partial charge in [0.2, 0.25) is 0 Å². The second-order valence-electron chi connectivity index (χ2n) is 4.49. The molecule has 0 fully saturated rings. The first kappa shape index (κ1) is 15.1. The van der Waals surface area contributed by atoms with E-state index >= 15 is 0 Å². The Morgan fingerprint density at radius 1 is 1.38 bits per heavy atom. The van der Waals surface area contributed by atoms with Crippen molar-refractivity contribution in [3.63, 3.8) is 0 Å². The van der Waals surface area contributed by atoms with Crippen LogP contribution in [0.4, 0.5) is 5.69 Å². The van der Waals surface area contributed by atoms with E-state index in [1.165, 1.54) is 6.92 Å². The Morgan fingerprint density at radius 3 is 2.76 bits per heavy atom. The highest BCUT2D eigenvalue weighted by molar-refractivity contribution is 9.10. The third kappa shape index (κ3) is 3.41. The molecule has 2 aromatic carbocycles. The lowest BCUT2D eigenvalue weighted by Crippen LogP contribution is -2.06. The summed E-state index contributed by atoms with van der Waals surface area (Å²) in [6, 6.07) is 12.6. The van der Waals surface area contributed by atoms with Gasteiger partial charge < -0.3 is 10.5 Å². The summed E-state index contributed by atoms with van der Waals surface area (Å²) in [5.41, 5.74) is 8.00. The van der Waals surface area contributed by atoms with Crippen molar-refractivity contribution in [1.29, 1.82) is 5.26 Å². The maximum absolute atomic E-state index is 11.7. The van der Waals surface area contributed by atoms with Gasteiger partial charge in [-0.2, -0.15) is 5.26 Å². The van der Waals surface area contributed by atoms with E-state index in [2.05, 4.69) is 22.0 Å². The van der Waals surface area contributed by atoms with E-state index in [0.29, 0.717) is 22.6 Å². The van der Waals surface area contributed by atoms with Gasteiger partial charge in [-0.25, -0.2) is 0 Å². The zero-order valence-corrected chi connectivity index (χ0v) is 13.0. The van der Waals surface area contributed by atoms with E-state index in [1.807, 2.05) is 6.07 Å². The van der Waals surface area contributed by atoms with Gasteiger partial charge in [-0.05, 0) is 25.1 Å². The Balaban J connectivity index is 2.32. The number of nitrogen functional groups attached to an aromatic ring is 1. The quantitative estimate of drug-likeness (QED) is 0.677. The summed E-state index contributed by atoms with van der Waals surface area (Å²) in [6.45, 7) is 1.63. The number of rotatable bonds is 4. The van der Waals surface area contributed by atoms with Crippen LogP contribution in [-0.2, 0) is 6.61 Å². The average Bonchev–Trinajstić information content (AvgIpc) is 2.45. The molecule has 0 aliphatic carbocycles. The lowest BCUT2D eigenvalue weighted by molar-refractivity contribution is 0.101. The lowest BCUT2D eigenvalue weighted by Gasteiger charge is -2.13. The number of ether oxygens (including phenoxy) is 1. The van der Waals surface area contributed by atoms with Crippen molar-refractivity contribution < 1.29 is 9.53 Å². The van der Waals surface area contributed by atoms with Crippen LogP contribution in [0.2, 0.25) is 0 Å².